The van der Waals surface area contributed by atoms with Crippen molar-refractivity contribution in [2.75, 3.05) is 5.73 Å². The fraction of sp³-hybridized carbons (Fsp3) is 0.0909. The molecular weight excluding hydrogens is 192 g/mol. The zero-order chi connectivity index (χ0) is 10.8. The van der Waals surface area contributed by atoms with E-state index < -0.39 is 0 Å². The third-order valence-electron chi connectivity index (χ3n) is 2.14. The van der Waals surface area contributed by atoms with Crippen LogP contribution >= 0.6 is 0 Å². The fourth-order valence-electron chi connectivity index (χ4n) is 1.41. The predicted octanol–water partition coefficient (Wildman–Crippen LogP) is 2.04. The minimum atomic E-state index is 0.239. The van der Waals surface area contributed by atoms with Crippen LogP contribution in [0.5, 0.6) is 0 Å². The summed E-state index contributed by atoms with van der Waals surface area (Å²) in [5.74, 6) is 0.239. The molecule has 2 N–H and O–H groups in total. The maximum atomic E-state index is 10.8. The SMILES string of the molecule is Cc1ccc(C=O)c(-c2cc(N)on2)c1. The number of benzene rings is 1. The highest BCUT2D eigenvalue weighted by atomic mass is 16.5. The second kappa shape index (κ2) is 3.57. The van der Waals surface area contributed by atoms with Gasteiger partial charge in [-0.2, -0.15) is 0 Å². The van der Waals surface area contributed by atoms with Crippen molar-refractivity contribution in [2.45, 2.75) is 6.92 Å². The van der Waals surface area contributed by atoms with E-state index in [0.29, 0.717) is 11.3 Å². The number of nitrogen functional groups attached to an aromatic ring is 1. The molecule has 0 saturated carbocycles. The lowest BCUT2D eigenvalue weighted by atomic mass is 10.0. The molecule has 0 aliphatic rings. The van der Waals surface area contributed by atoms with Crippen molar-refractivity contribution in [2.24, 2.45) is 0 Å². The zero-order valence-corrected chi connectivity index (χ0v) is 8.23. The molecule has 2 aromatic rings. The third-order valence-corrected chi connectivity index (χ3v) is 2.14. The van der Waals surface area contributed by atoms with Gasteiger partial charge in [0.2, 0.25) is 5.88 Å². The van der Waals surface area contributed by atoms with Crippen molar-refractivity contribution >= 4 is 12.2 Å². The molecule has 0 atom stereocenters. The Kier molecular flexibility index (Phi) is 2.25. The highest BCUT2D eigenvalue weighted by molar-refractivity contribution is 5.87. The molecule has 0 aliphatic carbocycles. The summed E-state index contributed by atoms with van der Waals surface area (Å²) in [5, 5.41) is 3.78. The molecule has 0 saturated heterocycles. The standard InChI is InChI=1S/C11H10N2O2/c1-7-2-3-8(6-14)9(4-7)10-5-11(12)15-13-10/h2-6H,12H2,1H3. The van der Waals surface area contributed by atoms with Gasteiger partial charge in [0.05, 0.1) is 0 Å². The molecule has 0 spiro atoms. The van der Waals surface area contributed by atoms with Crippen molar-refractivity contribution in [1.82, 2.24) is 5.16 Å². The summed E-state index contributed by atoms with van der Waals surface area (Å²) in [7, 11) is 0. The van der Waals surface area contributed by atoms with Crippen LogP contribution in [0, 0.1) is 6.92 Å². The number of nitrogens with two attached hydrogens (primary N) is 1. The Labute approximate surface area is 86.7 Å². The first-order chi connectivity index (χ1) is 7.20. The lowest BCUT2D eigenvalue weighted by molar-refractivity contribution is 0.112. The molecule has 0 bridgehead atoms. The number of aryl methyl sites for hydroxylation is 1. The summed E-state index contributed by atoms with van der Waals surface area (Å²) in [4.78, 5) is 10.8. The van der Waals surface area contributed by atoms with Gasteiger partial charge in [-0.25, -0.2) is 0 Å². The summed E-state index contributed by atoms with van der Waals surface area (Å²) in [6.45, 7) is 1.95. The molecule has 0 fully saturated rings. The van der Waals surface area contributed by atoms with E-state index in [1.807, 2.05) is 19.1 Å². The Morgan fingerprint density at radius 3 is 2.80 bits per heavy atom. The zero-order valence-electron chi connectivity index (χ0n) is 8.23. The number of carbonyl (C=O) groups is 1. The third kappa shape index (κ3) is 1.74. The fourth-order valence-corrected chi connectivity index (χ4v) is 1.41. The Balaban J connectivity index is 2.59. The number of anilines is 1. The van der Waals surface area contributed by atoms with E-state index in [1.54, 1.807) is 12.1 Å². The number of hydrogen-bond donors (Lipinski definition) is 1. The second-order valence-corrected chi connectivity index (χ2v) is 3.32. The van der Waals surface area contributed by atoms with E-state index >= 15 is 0 Å². The molecule has 0 amide bonds. The van der Waals surface area contributed by atoms with Crippen LogP contribution in [0.4, 0.5) is 5.88 Å². The van der Waals surface area contributed by atoms with Crippen LogP contribution < -0.4 is 5.73 Å². The normalized spacial score (nSPS) is 10.2. The summed E-state index contributed by atoms with van der Waals surface area (Å²) in [6.07, 6.45) is 0.791. The number of rotatable bonds is 2. The number of aromatic nitrogens is 1. The van der Waals surface area contributed by atoms with Crippen LogP contribution in [-0.4, -0.2) is 11.4 Å². The topological polar surface area (TPSA) is 69.1 Å². The maximum Gasteiger partial charge on any atom is 0.222 e. The smallest absolute Gasteiger partial charge is 0.222 e. The number of carbonyl (C=O) groups excluding carboxylic acids is 1. The number of hydrogen-bond acceptors (Lipinski definition) is 4. The van der Waals surface area contributed by atoms with Gasteiger partial charge in [0.1, 0.15) is 5.69 Å². The van der Waals surface area contributed by atoms with Crippen molar-refractivity contribution in [3.8, 4) is 11.3 Å². The molecule has 0 unspecified atom stereocenters. The molecular formula is C11H10N2O2. The number of aldehydes is 1. The maximum absolute atomic E-state index is 10.8. The van der Waals surface area contributed by atoms with E-state index in [-0.39, 0.29) is 5.88 Å². The molecule has 4 heteroatoms. The van der Waals surface area contributed by atoms with Crippen LogP contribution in [-0.2, 0) is 0 Å². The van der Waals surface area contributed by atoms with E-state index in [0.717, 1.165) is 17.4 Å². The molecule has 0 radical (unpaired) electrons. The largest absolute Gasteiger partial charge is 0.368 e. The Hall–Kier alpha value is -2.10. The van der Waals surface area contributed by atoms with Gasteiger partial charge >= 0.3 is 0 Å². The van der Waals surface area contributed by atoms with Crippen molar-refractivity contribution in [3.05, 3.63) is 35.4 Å². The van der Waals surface area contributed by atoms with E-state index in [9.17, 15) is 4.79 Å². The monoisotopic (exact) mass is 202 g/mol. The van der Waals surface area contributed by atoms with Crippen LogP contribution in [0.25, 0.3) is 11.3 Å². The van der Waals surface area contributed by atoms with Crippen LogP contribution in [0.3, 0.4) is 0 Å². The Morgan fingerprint density at radius 1 is 1.40 bits per heavy atom. The van der Waals surface area contributed by atoms with Crippen molar-refractivity contribution in [3.63, 3.8) is 0 Å². The average molecular weight is 202 g/mol. The first-order valence-corrected chi connectivity index (χ1v) is 4.49. The summed E-state index contributed by atoms with van der Waals surface area (Å²) < 4.78 is 4.77. The molecule has 76 valence electrons. The minimum absolute atomic E-state index is 0.239. The van der Waals surface area contributed by atoms with Gasteiger partial charge in [-0.3, -0.25) is 4.79 Å². The quantitative estimate of drug-likeness (QED) is 0.756. The number of nitrogens with zero attached hydrogens (tertiary/aromatic N) is 1. The highest BCUT2D eigenvalue weighted by Crippen LogP contribution is 2.24. The molecule has 4 nitrogen and oxygen atoms in total. The van der Waals surface area contributed by atoms with Gasteiger partial charge in [-0.15, -0.1) is 0 Å². The molecule has 2 rings (SSSR count). The van der Waals surface area contributed by atoms with E-state index in [1.165, 1.54) is 0 Å². The van der Waals surface area contributed by atoms with Crippen molar-refractivity contribution < 1.29 is 9.32 Å². The first kappa shape index (κ1) is 9.45. The molecule has 1 heterocycles. The van der Waals surface area contributed by atoms with Crippen molar-refractivity contribution in [1.29, 1.82) is 0 Å². The summed E-state index contributed by atoms with van der Waals surface area (Å²) in [5.41, 5.74) is 8.38. The van der Waals surface area contributed by atoms with Gasteiger partial charge in [0.25, 0.3) is 0 Å². The van der Waals surface area contributed by atoms with Gasteiger partial charge in [-0.05, 0) is 13.0 Å². The van der Waals surface area contributed by atoms with Gasteiger partial charge < -0.3 is 10.3 Å². The Morgan fingerprint density at radius 2 is 2.20 bits per heavy atom. The van der Waals surface area contributed by atoms with Gasteiger partial charge in [-0.1, -0.05) is 22.9 Å². The lowest BCUT2D eigenvalue weighted by Crippen LogP contribution is -1.88. The summed E-state index contributed by atoms with van der Waals surface area (Å²) in [6, 6.07) is 7.10. The summed E-state index contributed by atoms with van der Waals surface area (Å²) >= 11 is 0. The Bertz CT molecular complexity index is 503. The average Bonchev–Trinajstić information content (AvgIpc) is 2.65. The van der Waals surface area contributed by atoms with Crippen LogP contribution in [0.15, 0.2) is 28.8 Å². The van der Waals surface area contributed by atoms with Crippen LogP contribution in [0.1, 0.15) is 15.9 Å². The van der Waals surface area contributed by atoms with Gasteiger partial charge in [0.15, 0.2) is 6.29 Å². The second-order valence-electron chi connectivity index (χ2n) is 3.32. The van der Waals surface area contributed by atoms with E-state index in [2.05, 4.69) is 5.16 Å². The lowest BCUT2D eigenvalue weighted by Gasteiger charge is -2.01. The first-order valence-electron chi connectivity index (χ1n) is 4.49. The highest BCUT2D eigenvalue weighted by Gasteiger charge is 2.09. The minimum Gasteiger partial charge on any atom is -0.368 e. The van der Waals surface area contributed by atoms with Gasteiger partial charge in [0, 0.05) is 17.2 Å². The molecule has 1 aromatic heterocycles. The molecule has 15 heavy (non-hydrogen) atoms. The van der Waals surface area contributed by atoms with Crippen LogP contribution in [0.2, 0.25) is 0 Å². The molecule has 1 aromatic carbocycles. The predicted molar refractivity (Wildman–Crippen MR) is 56.5 cm³/mol. The van der Waals surface area contributed by atoms with E-state index in [4.69, 9.17) is 10.3 Å². The molecule has 0 aliphatic heterocycles.